The van der Waals surface area contributed by atoms with Gasteiger partial charge in [-0.25, -0.2) is 0 Å². The Morgan fingerprint density at radius 1 is 1.15 bits per heavy atom. The minimum absolute atomic E-state index is 0.722. The van der Waals surface area contributed by atoms with Crippen molar-refractivity contribution in [2.45, 2.75) is 33.0 Å². The van der Waals surface area contributed by atoms with Gasteiger partial charge in [0.25, 0.3) is 0 Å². The van der Waals surface area contributed by atoms with Gasteiger partial charge in [-0.15, -0.1) is 0 Å². The molecule has 0 fully saturated rings. The number of hydrogen-bond donors (Lipinski definition) is 2. The molecule has 0 saturated carbocycles. The van der Waals surface area contributed by atoms with Gasteiger partial charge < -0.3 is 10.2 Å². The zero-order chi connectivity index (χ0) is 10.0. The molecular formula is C11H16O2. The van der Waals surface area contributed by atoms with Crippen LogP contribution >= 0.6 is 0 Å². The molecule has 2 N–H and O–H groups in total. The second-order valence-electron chi connectivity index (χ2n) is 3.55. The van der Waals surface area contributed by atoms with E-state index < -0.39 is 12.2 Å². The first-order chi connectivity index (χ1) is 6.02. The van der Waals surface area contributed by atoms with E-state index in [4.69, 9.17) is 0 Å². The summed E-state index contributed by atoms with van der Waals surface area (Å²) in [7, 11) is 0. The molecule has 0 amide bonds. The molecule has 0 aliphatic heterocycles. The standard InChI is InChI=1S/C11H16O2/c1-7-4-5-8(2)10(6-7)11(13)9(3)12/h4-6,9,11-13H,1-3H3/t9-,11+/m0/s1. The van der Waals surface area contributed by atoms with Gasteiger partial charge in [-0.2, -0.15) is 0 Å². The van der Waals surface area contributed by atoms with Crippen molar-refractivity contribution in [3.05, 3.63) is 34.9 Å². The van der Waals surface area contributed by atoms with E-state index in [2.05, 4.69) is 0 Å². The van der Waals surface area contributed by atoms with Gasteiger partial charge in [0, 0.05) is 0 Å². The van der Waals surface area contributed by atoms with Crippen molar-refractivity contribution in [2.24, 2.45) is 0 Å². The SMILES string of the molecule is Cc1ccc(C)c([C@H](O)[C@H](C)O)c1. The zero-order valence-corrected chi connectivity index (χ0v) is 8.28. The van der Waals surface area contributed by atoms with Gasteiger partial charge in [-0.1, -0.05) is 23.8 Å². The number of aryl methyl sites for hydroxylation is 2. The molecule has 72 valence electrons. The van der Waals surface area contributed by atoms with E-state index in [-0.39, 0.29) is 0 Å². The lowest BCUT2D eigenvalue weighted by molar-refractivity contribution is 0.0301. The van der Waals surface area contributed by atoms with Crippen LogP contribution in [0.1, 0.15) is 29.7 Å². The monoisotopic (exact) mass is 180 g/mol. The molecule has 0 aromatic heterocycles. The Labute approximate surface area is 78.8 Å². The lowest BCUT2D eigenvalue weighted by Gasteiger charge is -2.16. The molecule has 1 rings (SSSR count). The van der Waals surface area contributed by atoms with E-state index in [1.165, 1.54) is 0 Å². The maximum atomic E-state index is 9.65. The Balaban J connectivity index is 3.05. The second-order valence-corrected chi connectivity index (χ2v) is 3.55. The molecule has 2 nitrogen and oxygen atoms in total. The third kappa shape index (κ3) is 2.29. The maximum absolute atomic E-state index is 9.65. The summed E-state index contributed by atoms with van der Waals surface area (Å²) in [5, 5.41) is 18.9. The molecule has 0 saturated heterocycles. The van der Waals surface area contributed by atoms with E-state index in [1.807, 2.05) is 32.0 Å². The Hall–Kier alpha value is -0.860. The van der Waals surface area contributed by atoms with Gasteiger partial charge in [-0.3, -0.25) is 0 Å². The summed E-state index contributed by atoms with van der Waals surface area (Å²) < 4.78 is 0. The van der Waals surface area contributed by atoms with Gasteiger partial charge >= 0.3 is 0 Å². The van der Waals surface area contributed by atoms with Gasteiger partial charge in [-0.05, 0) is 31.9 Å². The van der Waals surface area contributed by atoms with Gasteiger partial charge in [0.1, 0.15) is 6.10 Å². The van der Waals surface area contributed by atoms with Gasteiger partial charge in [0.15, 0.2) is 0 Å². The smallest absolute Gasteiger partial charge is 0.105 e. The van der Waals surface area contributed by atoms with Gasteiger partial charge in [0.2, 0.25) is 0 Å². The van der Waals surface area contributed by atoms with E-state index in [0.29, 0.717) is 0 Å². The summed E-state index contributed by atoms with van der Waals surface area (Å²) in [4.78, 5) is 0. The van der Waals surface area contributed by atoms with E-state index in [9.17, 15) is 10.2 Å². The van der Waals surface area contributed by atoms with Crippen molar-refractivity contribution in [1.82, 2.24) is 0 Å². The highest BCUT2D eigenvalue weighted by Gasteiger charge is 2.15. The predicted molar refractivity (Wildman–Crippen MR) is 52.6 cm³/mol. The minimum Gasteiger partial charge on any atom is -0.390 e. The molecular weight excluding hydrogens is 164 g/mol. The number of hydrogen-bond acceptors (Lipinski definition) is 2. The molecule has 2 heteroatoms. The van der Waals surface area contributed by atoms with E-state index >= 15 is 0 Å². The van der Waals surface area contributed by atoms with Crippen LogP contribution in [0.5, 0.6) is 0 Å². The van der Waals surface area contributed by atoms with Crippen LogP contribution in [0.25, 0.3) is 0 Å². The highest BCUT2D eigenvalue weighted by Crippen LogP contribution is 2.21. The summed E-state index contributed by atoms with van der Waals surface area (Å²) in [5.41, 5.74) is 2.93. The zero-order valence-electron chi connectivity index (χ0n) is 8.28. The number of benzene rings is 1. The number of aliphatic hydroxyl groups excluding tert-OH is 2. The fourth-order valence-electron chi connectivity index (χ4n) is 1.34. The van der Waals surface area contributed by atoms with Crippen LogP contribution in [0, 0.1) is 13.8 Å². The van der Waals surface area contributed by atoms with Crippen LogP contribution in [-0.4, -0.2) is 16.3 Å². The van der Waals surface area contributed by atoms with Crippen molar-refractivity contribution < 1.29 is 10.2 Å². The Kier molecular flexibility index (Phi) is 3.07. The van der Waals surface area contributed by atoms with Crippen molar-refractivity contribution >= 4 is 0 Å². The van der Waals surface area contributed by atoms with Crippen LogP contribution < -0.4 is 0 Å². The Morgan fingerprint density at radius 3 is 2.31 bits per heavy atom. The molecule has 1 aromatic carbocycles. The highest BCUT2D eigenvalue weighted by molar-refractivity contribution is 5.32. The summed E-state index contributed by atoms with van der Waals surface area (Å²) in [6.07, 6.45) is -1.50. The lowest BCUT2D eigenvalue weighted by Crippen LogP contribution is -2.14. The highest BCUT2D eigenvalue weighted by atomic mass is 16.3. The number of aliphatic hydroxyl groups is 2. The average Bonchev–Trinajstić information content (AvgIpc) is 2.08. The first kappa shape index (κ1) is 10.2. The molecule has 0 spiro atoms. The maximum Gasteiger partial charge on any atom is 0.105 e. The van der Waals surface area contributed by atoms with Gasteiger partial charge in [0.05, 0.1) is 6.10 Å². The normalized spacial score (nSPS) is 15.5. The van der Waals surface area contributed by atoms with Crippen LogP contribution in [-0.2, 0) is 0 Å². The summed E-state index contributed by atoms with van der Waals surface area (Å²) in [6.45, 7) is 5.49. The molecule has 13 heavy (non-hydrogen) atoms. The van der Waals surface area contributed by atoms with Crippen molar-refractivity contribution in [1.29, 1.82) is 0 Å². The van der Waals surface area contributed by atoms with Crippen molar-refractivity contribution in [2.75, 3.05) is 0 Å². The molecule has 0 aliphatic carbocycles. The quantitative estimate of drug-likeness (QED) is 0.727. The summed E-state index contributed by atoms with van der Waals surface area (Å²) in [6, 6.07) is 5.86. The third-order valence-electron chi connectivity index (χ3n) is 2.21. The van der Waals surface area contributed by atoms with Crippen LogP contribution in [0.15, 0.2) is 18.2 Å². The summed E-state index contributed by atoms with van der Waals surface area (Å²) >= 11 is 0. The lowest BCUT2D eigenvalue weighted by atomic mass is 9.98. The van der Waals surface area contributed by atoms with Crippen molar-refractivity contribution in [3.63, 3.8) is 0 Å². The molecule has 1 aromatic rings. The van der Waals surface area contributed by atoms with Crippen LogP contribution in [0.3, 0.4) is 0 Å². The van der Waals surface area contributed by atoms with E-state index in [0.717, 1.165) is 16.7 Å². The number of rotatable bonds is 2. The molecule has 0 unspecified atom stereocenters. The average molecular weight is 180 g/mol. The Bertz CT molecular complexity index is 292. The minimum atomic E-state index is -0.778. The topological polar surface area (TPSA) is 40.5 Å². The fourth-order valence-corrected chi connectivity index (χ4v) is 1.34. The molecule has 0 heterocycles. The first-order valence-corrected chi connectivity index (χ1v) is 4.45. The van der Waals surface area contributed by atoms with E-state index in [1.54, 1.807) is 6.92 Å². The Morgan fingerprint density at radius 2 is 1.77 bits per heavy atom. The van der Waals surface area contributed by atoms with Crippen LogP contribution in [0.4, 0.5) is 0 Å². The molecule has 0 radical (unpaired) electrons. The van der Waals surface area contributed by atoms with Crippen LogP contribution in [0.2, 0.25) is 0 Å². The second kappa shape index (κ2) is 3.90. The first-order valence-electron chi connectivity index (χ1n) is 4.45. The molecule has 0 bridgehead atoms. The van der Waals surface area contributed by atoms with Crippen molar-refractivity contribution in [3.8, 4) is 0 Å². The largest absolute Gasteiger partial charge is 0.390 e. The third-order valence-corrected chi connectivity index (χ3v) is 2.21. The molecule has 0 aliphatic rings. The predicted octanol–water partition coefficient (Wildman–Crippen LogP) is 1.72. The fraction of sp³-hybridized carbons (Fsp3) is 0.455. The molecule has 2 atom stereocenters. The summed E-state index contributed by atoms with van der Waals surface area (Å²) in [5.74, 6) is 0.